The summed E-state index contributed by atoms with van der Waals surface area (Å²) in [4.78, 5) is 11.8. The van der Waals surface area contributed by atoms with Gasteiger partial charge < -0.3 is 5.32 Å². The molecule has 6 nitrogen and oxygen atoms in total. The third-order valence-electron chi connectivity index (χ3n) is 2.91. The van der Waals surface area contributed by atoms with Crippen molar-refractivity contribution < 1.29 is 4.79 Å². The fourth-order valence-electron chi connectivity index (χ4n) is 1.82. The summed E-state index contributed by atoms with van der Waals surface area (Å²) in [7, 11) is 3.68. The Hall–Kier alpha value is -2.37. The number of rotatable bonds is 3. The Bertz CT molecular complexity index is 635. The van der Waals surface area contributed by atoms with E-state index in [4.69, 9.17) is 0 Å². The van der Waals surface area contributed by atoms with E-state index in [-0.39, 0.29) is 5.91 Å². The topological polar surface area (TPSA) is 64.7 Å². The van der Waals surface area contributed by atoms with Gasteiger partial charge in [0.1, 0.15) is 0 Å². The molecule has 100 valence electrons. The Morgan fingerprint density at radius 3 is 2.63 bits per heavy atom. The number of anilines is 1. The first-order chi connectivity index (χ1) is 8.97. The molecule has 2 aromatic heterocycles. The van der Waals surface area contributed by atoms with E-state index in [9.17, 15) is 4.79 Å². The summed E-state index contributed by atoms with van der Waals surface area (Å²) >= 11 is 0. The third-order valence-corrected chi connectivity index (χ3v) is 2.91. The Balaban J connectivity index is 2.07. The van der Waals surface area contributed by atoms with Crippen LogP contribution in [-0.4, -0.2) is 25.5 Å². The molecule has 0 fully saturated rings. The van der Waals surface area contributed by atoms with Gasteiger partial charge >= 0.3 is 0 Å². The summed E-state index contributed by atoms with van der Waals surface area (Å²) in [5, 5.41) is 11.1. The number of hydrogen-bond acceptors (Lipinski definition) is 3. The van der Waals surface area contributed by atoms with Gasteiger partial charge in [-0.15, -0.1) is 0 Å². The van der Waals surface area contributed by atoms with Gasteiger partial charge in [-0.1, -0.05) is 0 Å². The van der Waals surface area contributed by atoms with Gasteiger partial charge in [-0.25, -0.2) is 0 Å². The van der Waals surface area contributed by atoms with E-state index in [0.717, 1.165) is 22.6 Å². The molecule has 0 aromatic carbocycles. The Morgan fingerprint density at radius 1 is 1.37 bits per heavy atom. The zero-order valence-electron chi connectivity index (χ0n) is 11.5. The molecule has 0 unspecified atom stereocenters. The zero-order valence-corrected chi connectivity index (χ0v) is 11.5. The van der Waals surface area contributed by atoms with Crippen molar-refractivity contribution in [3.8, 4) is 0 Å². The van der Waals surface area contributed by atoms with Gasteiger partial charge in [0.25, 0.3) is 0 Å². The normalized spacial score (nSPS) is 11.2. The molecule has 1 N–H and O–H groups in total. The van der Waals surface area contributed by atoms with Crippen LogP contribution in [0.15, 0.2) is 18.5 Å². The van der Waals surface area contributed by atoms with Crippen molar-refractivity contribution in [2.24, 2.45) is 14.1 Å². The Labute approximate surface area is 111 Å². The maximum Gasteiger partial charge on any atom is 0.248 e. The van der Waals surface area contributed by atoms with Crippen LogP contribution in [-0.2, 0) is 18.9 Å². The van der Waals surface area contributed by atoms with Gasteiger partial charge in [-0.3, -0.25) is 14.2 Å². The van der Waals surface area contributed by atoms with E-state index < -0.39 is 0 Å². The van der Waals surface area contributed by atoms with Crippen LogP contribution in [0, 0.1) is 13.8 Å². The molecule has 2 rings (SSSR count). The number of carbonyl (C=O) groups is 1. The first kappa shape index (κ1) is 13.1. The highest BCUT2D eigenvalue weighted by molar-refractivity contribution is 6.02. The number of aromatic nitrogens is 4. The van der Waals surface area contributed by atoms with Crippen molar-refractivity contribution >= 4 is 17.7 Å². The maximum atomic E-state index is 11.8. The van der Waals surface area contributed by atoms with E-state index in [1.54, 1.807) is 21.6 Å². The number of hydrogen-bond donors (Lipinski definition) is 1. The van der Waals surface area contributed by atoms with Gasteiger partial charge in [0.2, 0.25) is 5.91 Å². The standard InChI is InChI=1S/C13H17N5O/c1-9-13(10(2)18(4)16-9)15-12(19)6-5-11-7-14-17(3)8-11/h5-8H,1-4H3,(H,15,19)/b6-5+. The van der Waals surface area contributed by atoms with Crippen LogP contribution in [0.3, 0.4) is 0 Å². The molecular formula is C13H17N5O. The molecular weight excluding hydrogens is 242 g/mol. The SMILES string of the molecule is Cc1nn(C)c(C)c1NC(=O)/C=C/c1cnn(C)c1. The molecule has 6 heteroatoms. The number of nitrogens with one attached hydrogen (secondary N) is 1. The zero-order chi connectivity index (χ0) is 14.0. The van der Waals surface area contributed by atoms with Crippen LogP contribution >= 0.6 is 0 Å². The molecule has 1 amide bonds. The summed E-state index contributed by atoms with van der Waals surface area (Å²) in [6, 6.07) is 0. The fourth-order valence-corrected chi connectivity index (χ4v) is 1.82. The maximum absolute atomic E-state index is 11.8. The highest BCUT2D eigenvalue weighted by atomic mass is 16.1. The average Bonchev–Trinajstić information content (AvgIpc) is 2.86. The summed E-state index contributed by atoms with van der Waals surface area (Å²) in [6.45, 7) is 3.79. The summed E-state index contributed by atoms with van der Waals surface area (Å²) in [6.07, 6.45) is 6.75. The Morgan fingerprint density at radius 2 is 2.11 bits per heavy atom. The summed E-state index contributed by atoms with van der Waals surface area (Å²) < 4.78 is 3.43. The molecule has 0 bridgehead atoms. The molecule has 2 aromatic rings. The summed E-state index contributed by atoms with van der Waals surface area (Å²) in [5.41, 5.74) is 3.39. The first-order valence-corrected chi connectivity index (χ1v) is 5.95. The van der Waals surface area contributed by atoms with Crippen molar-refractivity contribution in [1.82, 2.24) is 19.6 Å². The largest absolute Gasteiger partial charge is 0.319 e. The summed E-state index contributed by atoms with van der Waals surface area (Å²) in [5.74, 6) is -0.178. The van der Waals surface area contributed by atoms with Crippen LogP contribution in [0.5, 0.6) is 0 Å². The highest BCUT2D eigenvalue weighted by Gasteiger charge is 2.10. The lowest BCUT2D eigenvalue weighted by Crippen LogP contribution is -2.09. The third kappa shape index (κ3) is 2.90. The molecule has 19 heavy (non-hydrogen) atoms. The monoisotopic (exact) mass is 259 g/mol. The minimum Gasteiger partial charge on any atom is -0.319 e. The van der Waals surface area contributed by atoms with Gasteiger partial charge in [-0.2, -0.15) is 10.2 Å². The minimum absolute atomic E-state index is 0.178. The minimum atomic E-state index is -0.178. The Kier molecular flexibility index (Phi) is 3.50. The van der Waals surface area contributed by atoms with Crippen molar-refractivity contribution in [3.05, 3.63) is 35.4 Å². The van der Waals surface area contributed by atoms with E-state index in [1.165, 1.54) is 6.08 Å². The molecule has 0 aliphatic rings. The van der Waals surface area contributed by atoms with Crippen LogP contribution in [0.1, 0.15) is 17.0 Å². The second kappa shape index (κ2) is 5.09. The molecule has 0 atom stereocenters. The number of amides is 1. The first-order valence-electron chi connectivity index (χ1n) is 5.95. The van der Waals surface area contributed by atoms with Crippen LogP contribution < -0.4 is 5.32 Å². The number of aryl methyl sites for hydroxylation is 3. The average molecular weight is 259 g/mol. The van der Waals surface area contributed by atoms with Crippen molar-refractivity contribution in [2.75, 3.05) is 5.32 Å². The lowest BCUT2D eigenvalue weighted by molar-refractivity contribution is -0.111. The van der Waals surface area contributed by atoms with E-state index in [2.05, 4.69) is 15.5 Å². The second-order valence-electron chi connectivity index (χ2n) is 4.44. The predicted octanol–water partition coefficient (Wildman–Crippen LogP) is 1.42. The smallest absolute Gasteiger partial charge is 0.248 e. The lowest BCUT2D eigenvalue weighted by atomic mass is 10.3. The molecule has 0 aliphatic heterocycles. The number of carbonyl (C=O) groups excluding carboxylic acids is 1. The molecule has 0 radical (unpaired) electrons. The van der Waals surface area contributed by atoms with Crippen molar-refractivity contribution in [2.45, 2.75) is 13.8 Å². The van der Waals surface area contributed by atoms with Crippen LogP contribution in [0.25, 0.3) is 6.08 Å². The molecule has 0 aliphatic carbocycles. The molecule has 0 spiro atoms. The fraction of sp³-hybridized carbons (Fsp3) is 0.308. The van der Waals surface area contributed by atoms with E-state index in [1.807, 2.05) is 34.1 Å². The van der Waals surface area contributed by atoms with Crippen molar-refractivity contribution in [1.29, 1.82) is 0 Å². The van der Waals surface area contributed by atoms with Gasteiger partial charge in [-0.05, 0) is 19.9 Å². The lowest BCUT2D eigenvalue weighted by Gasteiger charge is -2.01. The number of nitrogens with zero attached hydrogens (tertiary/aromatic N) is 4. The van der Waals surface area contributed by atoms with Gasteiger partial charge in [0, 0.05) is 31.9 Å². The van der Waals surface area contributed by atoms with Gasteiger partial charge in [0.05, 0.1) is 23.3 Å². The van der Waals surface area contributed by atoms with Gasteiger partial charge in [0.15, 0.2) is 0 Å². The predicted molar refractivity (Wildman–Crippen MR) is 73.6 cm³/mol. The van der Waals surface area contributed by atoms with E-state index in [0.29, 0.717) is 0 Å². The molecule has 0 saturated heterocycles. The highest BCUT2D eigenvalue weighted by Crippen LogP contribution is 2.18. The van der Waals surface area contributed by atoms with E-state index >= 15 is 0 Å². The van der Waals surface area contributed by atoms with Crippen molar-refractivity contribution in [3.63, 3.8) is 0 Å². The molecule has 0 saturated carbocycles. The van der Waals surface area contributed by atoms with Crippen LogP contribution in [0.4, 0.5) is 5.69 Å². The quantitative estimate of drug-likeness (QED) is 0.848. The van der Waals surface area contributed by atoms with Crippen LogP contribution in [0.2, 0.25) is 0 Å². The second-order valence-corrected chi connectivity index (χ2v) is 4.44. The molecule has 2 heterocycles.